The molecule has 0 atom stereocenters. The van der Waals surface area contributed by atoms with Gasteiger partial charge in [0, 0.05) is 11.6 Å². The Labute approximate surface area is 162 Å². The third-order valence-electron chi connectivity index (χ3n) is 4.58. The number of methoxy groups -OCH3 is 2. The maximum atomic E-state index is 13.0. The molecule has 0 spiro atoms. The number of rotatable bonds is 4. The molecule has 0 aliphatic heterocycles. The van der Waals surface area contributed by atoms with Crippen LogP contribution in [0.2, 0.25) is 0 Å². The number of hydrogen-bond acceptors (Lipinski definition) is 3. The van der Waals surface area contributed by atoms with Crippen LogP contribution in [-0.2, 0) is 10.8 Å². The van der Waals surface area contributed by atoms with E-state index in [0.717, 1.165) is 11.1 Å². The molecular formula is C23H31NO3. The molecule has 0 bridgehead atoms. The van der Waals surface area contributed by atoms with Crippen molar-refractivity contribution in [1.82, 2.24) is 0 Å². The molecule has 0 heterocycles. The van der Waals surface area contributed by atoms with Gasteiger partial charge >= 0.3 is 0 Å². The Morgan fingerprint density at radius 1 is 0.815 bits per heavy atom. The van der Waals surface area contributed by atoms with E-state index in [9.17, 15) is 4.79 Å². The minimum absolute atomic E-state index is 0.0516. The Hall–Kier alpha value is -2.49. The highest BCUT2D eigenvalue weighted by Gasteiger charge is 2.22. The van der Waals surface area contributed by atoms with E-state index in [2.05, 4.69) is 52.9 Å². The van der Waals surface area contributed by atoms with Crippen LogP contribution in [-0.4, -0.2) is 20.1 Å². The molecule has 27 heavy (non-hydrogen) atoms. The number of carbonyl (C=O) groups excluding carboxylic acids is 1. The Morgan fingerprint density at radius 3 is 1.81 bits per heavy atom. The van der Waals surface area contributed by atoms with E-state index in [-0.39, 0.29) is 16.7 Å². The summed E-state index contributed by atoms with van der Waals surface area (Å²) in [5.74, 6) is 1.08. The summed E-state index contributed by atoms with van der Waals surface area (Å²) in [6.07, 6.45) is 0. The van der Waals surface area contributed by atoms with Crippen LogP contribution >= 0.6 is 0 Å². The number of carbonyl (C=O) groups is 1. The lowest BCUT2D eigenvalue weighted by atomic mass is 9.79. The molecule has 0 saturated carbocycles. The van der Waals surface area contributed by atoms with Gasteiger partial charge < -0.3 is 14.8 Å². The fourth-order valence-electron chi connectivity index (χ4n) is 2.73. The topological polar surface area (TPSA) is 47.6 Å². The van der Waals surface area contributed by atoms with Crippen molar-refractivity contribution in [1.29, 1.82) is 0 Å². The number of amides is 1. The second kappa shape index (κ2) is 7.63. The number of anilines is 1. The lowest BCUT2D eigenvalue weighted by molar-refractivity contribution is 0.102. The van der Waals surface area contributed by atoms with Crippen molar-refractivity contribution in [2.24, 2.45) is 0 Å². The van der Waals surface area contributed by atoms with Crippen LogP contribution in [0.25, 0.3) is 0 Å². The van der Waals surface area contributed by atoms with Gasteiger partial charge in [-0.3, -0.25) is 4.79 Å². The zero-order chi connectivity index (χ0) is 20.4. The molecule has 0 saturated heterocycles. The molecule has 1 N–H and O–H groups in total. The average Bonchev–Trinajstić information content (AvgIpc) is 2.59. The molecular weight excluding hydrogens is 338 g/mol. The summed E-state index contributed by atoms with van der Waals surface area (Å²) >= 11 is 0. The van der Waals surface area contributed by atoms with E-state index in [1.165, 1.54) is 0 Å². The molecule has 2 aromatic carbocycles. The molecule has 0 aromatic heterocycles. The van der Waals surface area contributed by atoms with Crippen molar-refractivity contribution in [2.75, 3.05) is 19.5 Å². The van der Waals surface area contributed by atoms with E-state index in [1.54, 1.807) is 32.4 Å². The zero-order valence-electron chi connectivity index (χ0n) is 17.7. The largest absolute Gasteiger partial charge is 0.497 e. The quantitative estimate of drug-likeness (QED) is 0.768. The van der Waals surface area contributed by atoms with Crippen molar-refractivity contribution in [3.05, 3.63) is 53.1 Å². The van der Waals surface area contributed by atoms with Gasteiger partial charge in [-0.25, -0.2) is 0 Å². The highest BCUT2D eigenvalue weighted by molar-refractivity contribution is 6.05. The number of benzene rings is 2. The van der Waals surface area contributed by atoms with E-state index < -0.39 is 0 Å². The van der Waals surface area contributed by atoms with Gasteiger partial charge in [0.25, 0.3) is 5.91 Å². The Bertz CT molecular complexity index is 794. The molecule has 4 nitrogen and oxygen atoms in total. The lowest BCUT2D eigenvalue weighted by Gasteiger charge is -2.26. The van der Waals surface area contributed by atoms with Crippen LogP contribution in [0.1, 0.15) is 63.0 Å². The molecule has 0 unspecified atom stereocenters. The predicted molar refractivity (Wildman–Crippen MR) is 111 cm³/mol. The highest BCUT2D eigenvalue weighted by Crippen LogP contribution is 2.32. The number of nitrogens with one attached hydrogen (secondary N) is 1. The summed E-state index contributed by atoms with van der Waals surface area (Å²) in [6.45, 7) is 12.9. The normalized spacial score (nSPS) is 11.9. The smallest absolute Gasteiger partial charge is 0.255 e. The summed E-state index contributed by atoms with van der Waals surface area (Å²) in [5.41, 5.74) is 3.39. The molecule has 146 valence electrons. The van der Waals surface area contributed by atoms with Crippen molar-refractivity contribution < 1.29 is 14.3 Å². The summed E-state index contributed by atoms with van der Waals surface area (Å²) in [7, 11) is 3.17. The first kappa shape index (κ1) is 20.8. The summed E-state index contributed by atoms with van der Waals surface area (Å²) < 4.78 is 10.6. The Kier molecular flexibility index (Phi) is 5.88. The van der Waals surface area contributed by atoms with Gasteiger partial charge in [-0.15, -0.1) is 0 Å². The SMILES string of the molecule is COc1ccc(OC)c(NC(=O)c2cc(C(C)(C)C)cc(C(C)(C)C)c2)c1. The maximum Gasteiger partial charge on any atom is 0.255 e. The van der Waals surface area contributed by atoms with Gasteiger partial charge in [-0.1, -0.05) is 47.6 Å². The second-order valence-electron chi connectivity index (χ2n) is 8.82. The first-order valence-electron chi connectivity index (χ1n) is 9.15. The fourth-order valence-corrected chi connectivity index (χ4v) is 2.73. The minimum Gasteiger partial charge on any atom is -0.497 e. The van der Waals surface area contributed by atoms with Gasteiger partial charge in [0.1, 0.15) is 11.5 Å². The second-order valence-corrected chi connectivity index (χ2v) is 8.82. The van der Waals surface area contributed by atoms with E-state index >= 15 is 0 Å². The molecule has 1 amide bonds. The standard InChI is InChI=1S/C23H31NO3/c1-22(2,3)16-11-15(12-17(13-16)23(4,5)6)21(25)24-19-14-18(26-7)9-10-20(19)27-8/h9-14H,1-8H3,(H,24,25). The molecule has 0 aliphatic carbocycles. The van der Waals surface area contributed by atoms with E-state index in [1.807, 2.05) is 12.1 Å². The van der Waals surface area contributed by atoms with Gasteiger partial charge in [-0.05, 0) is 46.2 Å². The fraction of sp³-hybridized carbons (Fsp3) is 0.435. The first-order chi connectivity index (χ1) is 12.5. The van der Waals surface area contributed by atoms with Crippen LogP contribution in [0.4, 0.5) is 5.69 Å². The third-order valence-corrected chi connectivity index (χ3v) is 4.58. The molecule has 0 fully saturated rings. The van der Waals surface area contributed by atoms with Gasteiger partial charge in [0.05, 0.1) is 19.9 Å². The van der Waals surface area contributed by atoms with Crippen LogP contribution < -0.4 is 14.8 Å². The molecule has 2 rings (SSSR count). The molecule has 2 aromatic rings. The van der Waals surface area contributed by atoms with Crippen molar-refractivity contribution in [3.8, 4) is 11.5 Å². The zero-order valence-corrected chi connectivity index (χ0v) is 17.7. The number of hydrogen-bond donors (Lipinski definition) is 1. The van der Waals surface area contributed by atoms with Crippen LogP contribution in [0.3, 0.4) is 0 Å². The summed E-state index contributed by atoms with van der Waals surface area (Å²) in [6, 6.07) is 11.5. The lowest BCUT2D eigenvalue weighted by Crippen LogP contribution is -2.20. The minimum atomic E-state index is -0.168. The van der Waals surface area contributed by atoms with Crippen LogP contribution in [0.15, 0.2) is 36.4 Å². The Balaban J connectivity index is 2.47. The van der Waals surface area contributed by atoms with Gasteiger partial charge in [0.2, 0.25) is 0 Å². The third kappa shape index (κ3) is 5.03. The van der Waals surface area contributed by atoms with E-state index in [4.69, 9.17) is 9.47 Å². The van der Waals surface area contributed by atoms with Crippen LogP contribution in [0.5, 0.6) is 11.5 Å². The summed E-state index contributed by atoms with van der Waals surface area (Å²) in [4.78, 5) is 13.0. The van der Waals surface area contributed by atoms with Gasteiger partial charge in [0.15, 0.2) is 0 Å². The predicted octanol–water partition coefficient (Wildman–Crippen LogP) is 5.55. The highest BCUT2D eigenvalue weighted by atomic mass is 16.5. The summed E-state index contributed by atoms with van der Waals surface area (Å²) in [5, 5.41) is 2.97. The first-order valence-corrected chi connectivity index (χ1v) is 9.15. The molecule has 4 heteroatoms. The monoisotopic (exact) mass is 369 g/mol. The maximum absolute atomic E-state index is 13.0. The van der Waals surface area contributed by atoms with Gasteiger partial charge in [-0.2, -0.15) is 0 Å². The van der Waals surface area contributed by atoms with Crippen molar-refractivity contribution >= 4 is 11.6 Å². The molecule has 0 radical (unpaired) electrons. The number of ether oxygens (including phenoxy) is 2. The van der Waals surface area contributed by atoms with Crippen molar-refractivity contribution in [2.45, 2.75) is 52.4 Å². The van der Waals surface area contributed by atoms with E-state index in [0.29, 0.717) is 22.7 Å². The van der Waals surface area contributed by atoms with Crippen molar-refractivity contribution in [3.63, 3.8) is 0 Å². The Morgan fingerprint density at radius 2 is 1.37 bits per heavy atom. The van der Waals surface area contributed by atoms with Crippen LogP contribution in [0, 0.1) is 0 Å². The molecule has 0 aliphatic rings. The average molecular weight is 370 g/mol.